The number of nitrogens with one attached hydrogen (secondary N) is 2. The molecular formula is C20H24N4O3S. The molecule has 0 saturated heterocycles. The van der Waals surface area contributed by atoms with Crippen molar-refractivity contribution in [2.75, 3.05) is 5.32 Å². The smallest absolute Gasteiger partial charge is 0.260 e. The van der Waals surface area contributed by atoms with Gasteiger partial charge in [0, 0.05) is 30.8 Å². The Morgan fingerprint density at radius 3 is 2.54 bits per heavy atom. The maximum atomic E-state index is 13.2. The molecule has 0 aliphatic heterocycles. The van der Waals surface area contributed by atoms with Gasteiger partial charge in [-0.15, -0.1) is 0 Å². The van der Waals surface area contributed by atoms with Gasteiger partial charge < -0.3 is 9.88 Å². The molecule has 1 heterocycles. The van der Waals surface area contributed by atoms with Gasteiger partial charge in [0.2, 0.25) is 0 Å². The molecule has 1 amide bonds. The number of aromatic nitrogens is 2. The van der Waals surface area contributed by atoms with Crippen molar-refractivity contribution < 1.29 is 13.6 Å². The van der Waals surface area contributed by atoms with Crippen LogP contribution in [0.5, 0.6) is 0 Å². The van der Waals surface area contributed by atoms with Gasteiger partial charge in [0.1, 0.15) is 5.82 Å². The highest BCUT2D eigenvalue weighted by Crippen LogP contribution is 2.39. The Bertz CT molecular complexity index is 948. The van der Waals surface area contributed by atoms with Crippen LogP contribution in [0.25, 0.3) is 5.57 Å². The molecule has 0 radical (unpaired) electrons. The van der Waals surface area contributed by atoms with E-state index in [-0.39, 0.29) is 11.5 Å². The van der Waals surface area contributed by atoms with Gasteiger partial charge in [-0.1, -0.05) is 6.07 Å². The van der Waals surface area contributed by atoms with E-state index in [2.05, 4.69) is 21.1 Å². The maximum absolute atomic E-state index is 13.2. The minimum absolute atomic E-state index is 0.233. The van der Waals surface area contributed by atoms with Crippen LogP contribution >= 0.6 is 0 Å². The minimum Gasteiger partial charge on any atom is -0.331 e. The second kappa shape index (κ2) is 7.89. The number of aryl methyl sites for hydroxylation is 3. The summed E-state index contributed by atoms with van der Waals surface area (Å²) in [5.41, 5.74) is 6.34. The van der Waals surface area contributed by atoms with Crippen molar-refractivity contribution in [2.24, 2.45) is 0 Å². The quantitative estimate of drug-likeness (QED) is 0.513. The molecule has 1 unspecified atom stereocenters. The van der Waals surface area contributed by atoms with E-state index in [9.17, 15) is 9.00 Å². The minimum atomic E-state index is -2.26. The van der Waals surface area contributed by atoms with E-state index >= 15 is 0 Å². The van der Waals surface area contributed by atoms with Gasteiger partial charge in [-0.25, -0.2) is 9.19 Å². The Hall–Kier alpha value is -2.45. The molecule has 1 aromatic carbocycles. The molecule has 1 atom stereocenters. The fraction of sp³-hybridized carbons (Fsp3) is 0.400. The van der Waals surface area contributed by atoms with E-state index in [1.54, 1.807) is 12.4 Å². The number of rotatable bonds is 6. The Labute approximate surface area is 166 Å². The Kier molecular flexibility index (Phi) is 5.32. The molecule has 0 fully saturated rings. The fourth-order valence-corrected chi connectivity index (χ4v) is 4.52. The predicted molar refractivity (Wildman–Crippen MR) is 109 cm³/mol. The first kappa shape index (κ1) is 18.9. The van der Waals surface area contributed by atoms with Crippen LogP contribution in [0.4, 0.5) is 5.69 Å². The average molecular weight is 401 g/mol. The second-order valence-electron chi connectivity index (χ2n) is 7.15. The summed E-state index contributed by atoms with van der Waals surface area (Å²) in [7, 11) is 0. The van der Waals surface area contributed by atoms with Gasteiger partial charge in [0.25, 0.3) is 17.2 Å². The zero-order valence-electron chi connectivity index (χ0n) is 15.8. The predicted octanol–water partition coefficient (Wildman–Crippen LogP) is 2.59. The summed E-state index contributed by atoms with van der Waals surface area (Å²) in [5.74, 6) is 0.135. The normalized spacial score (nSPS) is 16.6. The molecular weight excluding hydrogens is 376 g/mol. The Morgan fingerprint density at radius 1 is 1.25 bits per heavy atom. The molecule has 8 heteroatoms. The summed E-state index contributed by atoms with van der Waals surface area (Å²) in [6, 6.07) is 2.32. The Morgan fingerprint density at radius 2 is 1.93 bits per heavy atom. The van der Waals surface area contributed by atoms with Gasteiger partial charge in [0.05, 0.1) is 5.57 Å². The maximum Gasteiger partial charge on any atom is 0.260 e. The van der Waals surface area contributed by atoms with Crippen molar-refractivity contribution >= 4 is 28.4 Å². The van der Waals surface area contributed by atoms with Crippen molar-refractivity contribution in [1.82, 2.24) is 14.3 Å². The largest absolute Gasteiger partial charge is 0.331 e. The third kappa shape index (κ3) is 3.49. The number of amides is 1. The highest BCUT2D eigenvalue weighted by atomic mass is 32.2. The summed E-state index contributed by atoms with van der Waals surface area (Å²) >= 11 is -2.26. The lowest BCUT2D eigenvalue weighted by Crippen LogP contribution is -2.21. The van der Waals surface area contributed by atoms with E-state index in [1.165, 1.54) is 28.5 Å². The number of hydrogen-bond donors (Lipinski definition) is 3. The molecule has 2 aromatic rings. The SMILES string of the molecule is CCn1ccnc1/C(=C\NS(=O)O)C(=O)Nc1c2c(cc3c1CCC3)CCC2. The first-order valence-electron chi connectivity index (χ1n) is 9.65. The first-order chi connectivity index (χ1) is 13.6. The summed E-state index contributed by atoms with van der Waals surface area (Å²) < 4.78 is 24.4. The molecule has 0 bridgehead atoms. The lowest BCUT2D eigenvalue weighted by Gasteiger charge is -2.17. The summed E-state index contributed by atoms with van der Waals surface area (Å²) in [5, 5.41) is 3.12. The third-order valence-electron chi connectivity index (χ3n) is 5.56. The number of benzene rings is 1. The number of fused-ring (bicyclic) bond motifs is 2. The molecule has 7 nitrogen and oxygen atoms in total. The van der Waals surface area contributed by atoms with Gasteiger partial charge in [-0.2, -0.15) is 0 Å². The van der Waals surface area contributed by atoms with Gasteiger partial charge in [0.15, 0.2) is 0 Å². The van der Waals surface area contributed by atoms with Crippen molar-refractivity contribution in [3.63, 3.8) is 0 Å². The first-order valence-corrected chi connectivity index (χ1v) is 10.8. The van der Waals surface area contributed by atoms with Crippen LogP contribution < -0.4 is 10.0 Å². The van der Waals surface area contributed by atoms with Crippen LogP contribution in [0, 0.1) is 0 Å². The van der Waals surface area contributed by atoms with E-state index in [4.69, 9.17) is 4.55 Å². The number of carbonyl (C=O) groups is 1. The van der Waals surface area contributed by atoms with Crippen molar-refractivity contribution in [2.45, 2.75) is 52.0 Å². The van der Waals surface area contributed by atoms with Crippen LogP contribution in [0.1, 0.15) is 47.8 Å². The van der Waals surface area contributed by atoms with E-state index in [1.807, 2.05) is 11.5 Å². The van der Waals surface area contributed by atoms with Gasteiger partial charge in [-0.05, 0) is 67.7 Å². The lowest BCUT2D eigenvalue weighted by atomic mass is 9.98. The zero-order chi connectivity index (χ0) is 19.7. The van der Waals surface area contributed by atoms with Crippen LogP contribution in [0.15, 0.2) is 24.7 Å². The third-order valence-corrected chi connectivity index (χ3v) is 5.88. The molecule has 4 rings (SSSR count). The molecule has 2 aliphatic carbocycles. The topological polar surface area (TPSA) is 96.2 Å². The van der Waals surface area contributed by atoms with Crippen molar-refractivity contribution in [3.8, 4) is 0 Å². The summed E-state index contributed by atoms with van der Waals surface area (Å²) in [6.07, 6.45) is 10.9. The Balaban J connectivity index is 1.72. The molecule has 2 aliphatic rings. The molecule has 28 heavy (non-hydrogen) atoms. The molecule has 3 N–H and O–H groups in total. The van der Waals surface area contributed by atoms with Crippen molar-refractivity contribution in [1.29, 1.82) is 0 Å². The van der Waals surface area contributed by atoms with Crippen LogP contribution in [-0.2, 0) is 48.3 Å². The molecule has 1 aromatic heterocycles. The number of nitrogens with zero attached hydrogens (tertiary/aromatic N) is 2. The van der Waals surface area contributed by atoms with E-state index in [0.717, 1.165) is 44.2 Å². The summed E-state index contributed by atoms with van der Waals surface area (Å²) in [4.78, 5) is 17.5. The van der Waals surface area contributed by atoms with E-state index < -0.39 is 11.3 Å². The molecule has 0 saturated carbocycles. The van der Waals surface area contributed by atoms with Crippen molar-refractivity contribution in [3.05, 3.63) is 52.7 Å². The number of hydrogen-bond acceptors (Lipinski definition) is 3. The standard InChI is InChI=1S/C20H24N4O3S/c1-2-24-10-9-21-19(24)17(12-22-28(26)27)20(25)23-18-15-7-3-5-13(15)11-14-6-4-8-16(14)18/h9-12,22H,2-8H2,1H3,(H,23,25)(H,26,27)/b17-12+. The molecule has 0 spiro atoms. The van der Waals surface area contributed by atoms with E-state index in [0.29, 0.717) is 12.4 Å². The summed E-state index contributed by atoms with van der Waals surface area (Å²) in [6.45, 7) is 2.59. The lowest BCUT2D eigenvalue weighted by molar-refractivity contribution is -0.111. The van der Waals surface area contributed by atoms with Crippen LogP contribution in [-0.4, -0.2) is 24.2 Å². The van der Waals surface area contributed by atoms with Gasteiger partial charge >= 0.3 is 0 Å². The highest BCUT2D eigenvalue weighted by Gasteiger charge is 2.26. The average Bonchev–Trinajstić information content (AvgIpc) is 3.41. The zero-order valence-corrected chi connectivity index (χ0v) is 16.6. The number of anilines is 1. The fourth-order valence-electron chi connectivity index (χ4n) is 4.30. The van der Waals surface area contributed by atoms with Crippen LogP contribution in [0.2, 0.25) is 0 Å². The highest BCUT2D eigenvalue weighted by molar-refractivity contribution is 7.77. The monoisotopic (exact) mass is 400 g/mol. The molecule has 148 valence electrons. The number of imidazole rings is 1. The van der Waals surface area contributed by atoms with Crippen LogP contribution in [0.3, 0.4) is 0 Å². The number of carbonyl (C=O) groups excluding carboxylic acids is 1. The van der Waals surface area contributed by atoms with Gasteiger partial charge in [-0.3, -0.25) is 14.1 Å². The second-order valence-corrected chi connectivity index (χ2v) is 7.88.